The Kier molecular flexibility index (Phi) is 12.9. The summed E-state index contributed by atoms with van der Waals surface area (Å²) in [6.07, 6.45) is 2.81. The lowest BCUT2D eigenvalue weighted by atomic mass is 9.96. The van der Waals surface area contributed by atoms with Crippen molar-refractivity contribution in [2.24, 2.45) is 11.8 Å². The van der Waals surface area contributed by atoms with Crippen molar-refractivity contribution >= 4 is 41.1 Å². The van der Waals surface area contributed by atoms with Gasteiger partial charge in [-0.15, -0.1) is 0 Å². The lowest BCUT2D eigenvalue weighted by Crippen LogP contribution is -2.59. The van der Waals surface area contributed by atoms with E-state index >= 15 is 0 Å². The van der Waals surface area contributed by atoms with Gasteiger partial charge in [-0.05, 0) is 62.1 Å². The van der Waals surface area contributed by atoms with Crippen LogP contribution in [0.4, 0.5) is 5.69 Å². The predicted molar refractivity (Wildman–Crippen MR) is 186 cm³/mol. The quantitative estimate of drug-likeness (QED) is 0.316. The van der Waals surface area contributed by atoms with Gasteiger partial charge in [-0.3, -0.25) is 28.8 Å². The normalized spacial score (nSPS) is 25.3. The molecule has 12 heteroatoms. The van der Waals surface area contributed by atoms with Gasteiger partial charge in [-0.2, -0.15) is 0 Å². The molecule has 2 aliphatic rings. The molecule has 5 N–H and O–H groups in total. The van der Waals surface area contributed by atoms with Gasteiger partial charge in [0.2, 0.25) is 29.5 Å². The molecule has 0 radical (unpaired) electrons. The molecule has 0 bridgehead atoms. The Morgan fingerprint density at radius 1 is 0.735 bits per heavy atom. The number of nitrogens with one attached hydrogen (secondary N) is 5. The number of hydrogen-bond donors (Lipinski definition) is 5. The molecule has 1 saturated heterocycles. The zero-order chi connectivity index (χ0) is 35.7. The van der Waals surface area contributed by atoms with Gasteiger partial charge >= 0.3 is 0 Å². The van der Waals surface area contributed by atoms with Crippen molar-refractivity contribution in [3.05, 3.63) is 65.7 Å². The molecule has 0 saturated carbocycles. The largest absolute Gasteiger partial charge is 0.343 e. The summed E-state index contributed by atoms with van der Waals surface area (Å²) in [6.45, 7) is 9.42. The van der Waals surface area contributed by atoms with Crippen LogP contribution in [0.5, 0.6) is 0 Å². The fourth-order valence-electron chi connectivity index (χ4n) is 6.25. The van der Waals surface area contributed by atoms with E-state index in [0.29, 0.717) is 32.2 Å². The Balaban J connectivity index is 1.76. The molecule has 2 heterocycles. The molecule has 2 aromatic carbocycles. The zero-order valence-corrected chi connectivity index (χ0v) is 29.1. The first-order valence-corrected chi connectivity index (χ1v) is 17.4. The third-order valence-corrected chi connectivity index (χ3v) is 9.28. The van der Waals surface area contributed by atoms with Crippen molar-refractivity contribution in [3.8, 4) is 0 Å². The molecule has 0 aliphatic carbocycles. The number of piperidine rings is 1. The minimum atomic E-state index is -1.08. The number of anilines is 1. The molecular weight excluding hydrogens is 624 g/mol. The number of hydrogen-bond acceptors (Lipinski definition) is 6. The van der Waals surface area contributed by atoms with E-state index in [1.807, 2.05) is 58.0 Å². The minimum absolute atomic E-state index is 0.0266. The third kappa shape index (κ3) is 9.67. The Morgan fingerprint density at radius 2 is 1.39 bits per heavy atom. The first kappa shape index (κ1) is 37.1. The molecule has 1 fully saturated rings. The molecule has 12 nitrogen and oxygen atoms in total. The summed E-state index contributed by atoms with van der Waals surface area (Å²) in [6, 6.07) is 10.8. The molecule has 2 aromatic rings. The van der Waals surface area contributed by atoms with Crippen LogP contribution in [0.3, 0.4) is 0 Å². The van der Waals surface area contributed by atoms with Crippen LogP contribution in [0.25, 0.3) is 0 Å². The van der Waals surface area contributed by atoms with Crippen LogP contribution in [0.2, 0.25) is 0 Å². The maximum Gasteiger partial charge on any atom is 0.256 e. The van der Waals surface area contributed by atoms with E-state index in [4.69, 9.17) is 0 Å². The summed E-state index contributed by atoms with van der Waals surface area (Å²) in [7, 11) is 0. The maximum absolute atomic E-state index is 14.1. The lowest BCUT2D eigenvalue weighted by Gasteiger charge is -2.36. The van der Waals surface area contributed by atoms with E-state index in [9.17, 15) is 28.8 Å². The van der Waals surface area contributed by atoms with Crippen molar-refractivity contribution in [1.29, 1.82) is 0 Å². The third-order valence-electron chi connectivity index (χ3n) is 9.28. The molecule has 1 unspecified atom stereocenters. The number of para-hydroxylation sites is 1. The Hall–Kier alpha value is -4.74. The van der Waals surface area contributed by atoms with Gasteiger partial charge < -0.3 is 31.5 Å². The molecule has 49 heavy (non-hydrogen) atoms. The maximum atomic E-state index is 14.1. The van der Waals surface area contributed by atoms with Crippen LogP contribution < -0.4 is 26.6 Å². The van der Waals surface area contributed by atoms with E-state index in [0.717, 1.165) is 12.0 Å². The highest BCUT2D eigenvalue weighted by Crippen LogP contribution is 2.25. The molecule has 264 valence electrons. The smallest absolute Gasteiger partial charge is 0.256 e. The van der Waals surface area contributed by atoms with Gasteiger partial charge in [0.25, 0.3) is 5.91 Å². The number of carbonyl (C=O) groups excluding carboxylic acids is 6. The van der Waals surface area contributed by atoms with Crippen LogP contribution in [0.1, 0.15) is 82.6 Å². The van der Waals surface area contributed by atoms with Gasteiger partial charge in [0.05, 0.1) is 11.3 Å². The summed E-state index contributed by atoms with van der Waals surface area (Å²) in [5.41, 5.74) is 1.25. The SMILES string of the molecule is CC[C@@H](C)[C@H]1NC(=O)C(Cc2ccccc2)NC(=O)[C@@H](C)NC(=O)[C@H](CC(C)C)NC(=O)[C@@H]2CCCCN2C(=O)c2ccccc2NC1=O. The van der Waals surface area contributed by atoms with E-state index < -0.39 is 65.7 Å². The first-order valence-electron chi connectivity index (χ1n) is 17.4. The summed E-state index contributed by atoms with van der Waals surface area (Å²) < 4.78 is 0. The molecule has 0 spiro atoms. The summed E-state index contributed by atoms with van der Waals surface area (Å²) >= 11 is 0. The lowest BCUT2D eigenvalue weighted by molar-refractivity contribution is -0.135. The van der Waals surface area contributed by atoms with Crippen molar-refractivity contribution in [1.82, 2.24) is 26.2 Å². The van der Waals surface area contributed by atoms with Gasteiger partial charge in [0.1, 0.15) is 30.2 Å². The highest BCUT2D eigenvalue weighted by atomic mass is 16.2. The molecule has 6 atom stereocenters. The second-order valence-electron chi connectivity index (χ2n) is 13.6. The number of benzene rings is 2. The highest BCUT2D eigenvalue weighted by molar-refractivity contribution is 6.07. The average molecular weight is 675 g/mol. The summed E-state index contributed by atoms with van der Waals surface area (Å²) in [5.74, 6) is -3.39. The van der Waals surface area contributed by atoms with Crippen molar-refractivity contribution in [2.45, 2.75) is 103 Å². The van der Waals surface area contributed by atoms with E-state index in [1.165, 1.54) is 11.8 Å². The molecule has 4 rings (SSSR count). The number of nitrogens with zero attached hydrogens (tertiary/aromatic N) is 1. The van der Waals surface area contributed by atoms with Crippen LogP contribution in [-0.2, 0) is 30.4 Å². The van der Waals surface area contributed by atoms with Crippen LogP contribution >= 0.6 is 0 Å². The van der Waals surface area contributed by atoms with E-state index in [-0.39, 0.29) is 29.5 Å². The van der Waals surface area contributed by atoms with Gasteiger partial charge in [0.15, 0.2) is 0 Å². The Labute approximate surface area is 288 Å². The summed E-state index contributed by atoms with van der Waals surface area (Å²) in [5, 5.41) is 14.1. The second kappa shape index (κ2) is 17.1. The fraction of sp³-hybridized carbons (Fsp3) is 0.514. The van der Waals surface area contributed by atoms with E-state index in [2.05, 4.69) is 26.6 Å². The molecule has 6 amide bonds. The minimum Gasteiger partial charge on any atom is -0.343 e. The number of amides is 6. The van der Waals surface area contributed by atoms with Crippen LogP contribution in [-0.4, -0.2) is 77.1 Å². The average Bonchev–Trinajstić information content (AvgIpc) is 3.09. The molecule has 2 aliphatic heterocycles. The topological polar surface area (TPSA) is 166 Å². The number of carbonyl (C=O) groups is 6. The second-order valence-corrected chi connectivity index (χ2v) is 13.6. The monoisotopic (exact) mass is 674 g/mol. The van der Waals surface area contributed by atoms with Crippen LogP contribution in [0, 0.1) is 11.8 Å². The zero-order valence-electron chi connectivity index (χ0n) is 29.1. The van der Waals surface area contributed by atoms with Gasteiger partial charge in [-0.25, -0.2) is 0 Å². The highest BCUT2D eigenvalue weighted by Gasteiger charge is 2.37. The van der Waals surface area contributed by atoms with Crippen molar-refractivity contribution < 1.29 is 28.8 Å². The van der Waals surface area contributed by atoms with Crippen molar-refractivity contribution in [2.75, 3.05) is 11.9 Å². The van der Waals surface area contributed by atoms with Crippen molar-refractivity contribution in [3.63, 3.8) is 0 Å². The predicted octanol–water partition coefficient (Wildman–Crippen LogP) is 2.93. The van der Waals surface area contributed by atoms with E-state index in [1.54, 1.807) is 24.3 Å². The summed E-state index contributed by atoms with van der Waals surface area (Å²) in [4.78, 5) is 84.3. The first-order chi connectivity index (χ1) is 23.4. The van der Waals surface area contributed by atoms with Gasteiger partial charge in [0, 0.05) is 13.0 Å². The standard InChI is InChI=1S/C37H50N6O6/c1-6-23(4)31-36(48)39-27-17-11-10-16-26(27)37(49)43-19-13-12-18-30(43)35(47)41-28(20-22(2)3)33(45)38-24(5)32(44)40-29(34(46)42-31)21-25-14-8-7-9-15-25/h7-11,14-17,22-24,28-31H,6,12-13,18-21H2,1-5H3,(H,38,45)(H,39,48)(H,40,44)(H,41,47)(H,42,46)/t23-,24-,28+,29?,30+,31-/m1/s1. The fourth-order valence-corrected chi connectivity index (χ4v) is 6.25. The Bertz CT molecular complexity index is 1510. The number of rotatable bonds is 6. The molecular formula is C37H50N6O6. The number of fused-ring (bicyclic) bond motifs is 2. The van der Waals surface area contributed by atoms with Crippen LogP contribution in [0.15, 0.2) is 54.6 Å². The Morgan fingerprint density at radius 3 is 2.08 bits per heavy atom. The molecule has 0 aromatic heterocycles. The van der Waals surface area contributed by atoms with Gasteiger partial charge in [-0.1, -0.05) is 76.6 Å².